The summed E-state index contributed by atoms with van der Waals surface area (Å²) in [5, 5.41) is 0. The lowest BCUT2D eigenvalue weighted by atomic mass is 10.1. The van der Waals surface area contributed by atoms with Crippen LogP contribution in [0, 0.1) is 5.92 Å². The lowest BCUT2D eigenvalue weighted by molar-refractivity contribution is 0.266. The average molecular weight is 434 g/mol. The highest BCUT2D eigenvalue weighted by atomic mass is 32.2. The Morgan fingerprint density at radius 3 is 2.40 bits per heavy atom. The molecule has 4 rings (SSSR count). The van der Waals surface area contributed by atoms with E-state index in [1.54, 1.807) is 8.61 Å². The maximum atomic E-state index is 12.9. The second-order valence-corrected chi connectivity index (χ2v) is 10.9. The molecule has 2 aromatic rings. The molecular weight excluding hydrogens is 398 g/mol. The molecule has 3 heterocycles. The fourth-order valence-corrected chi connectivity index (χ4v) is 6.22. The van der Waals surface area contributed by atoms with Crippen LogP contribution in [-0.4, -0.2) is 70.7 Å². The fraction of sp³-hybridized carbons (Fsp3) is 0.682. The number of imidazole rings is 1. The van der Waals surface area contributed by atoms with Gasteiger partial charge in [-0.25, -0.2) is 4.98 Å². The summed E-state index contributed by atoms with van der Waals surface area (Å²) in [5.41, 5.74) is 2.24. The molecule has 0 bridgehead atoms. The molecule has 30 heavy (non-hydrogen) atoms. The molecule has 2 saturated heterocycles. The monoisotopic (exact) mass is 433 g/mol. The Balaban J connectivity index is 1.47. The first-order chi connectivity index (χ1) is 14.4. The van der Waals surface area contributed by atoms with Crippen LogP contribution in [0.15, 0.2) is 24.3 Å². The molecule has 8 heteroatoms. The summed E-state index contributed by atoms with van der Waals surface area (Å²) in [6, 6.07) is 8.35. The largest absolute Gasteiger partial charge is 0.327 e. The molecule has 2 fully saturated rings. The molecule has 0 saturated carbocycles. The Kier molecular flexibility index (Phi) is 6.77. The Hall–Kier alpha value is -1.48. The SMILES string of the molecule is CC(C)CCn1c(CN2CCCN(S(=O)(=O)N3CCCC3)CC2)nc2ccccc21. The van der Waals surface area contributed by atoms with E-state index in [1.807, 2.05) is 6.07 Å². The van der Waals surface area contributed by atoms with Gasteiger partial charge in [-0.15, -0.1) is 0 Å². The number of nitrogens with zero attached hydrogens (tertiary/aromatic N) is 5. The van der Waals surface area contributed by atoms with Crippen LogP contribution in [-0.2, 0) is 23.3 Å². The molecule has 0 N–H and O–H groups in total. The summed E-state index contributed by atoms with van der Waals surface area (Å²) in [4.78, 5) is 7.29. The van der Waals surface area contributed by atoms with Crippen LogP contribution < -0.4 is 0 Å². The van der Waals surface area contributed by atoms with E-state index >= 15 is 0 Å². The van der Waals surface area contributed by atoms with Crippen LogP contribution in [0.2, 0.25) is 0 Å². The van der Waals surface area contributed by atoms with Crippen molar-refractivity contribution in [2.45, 2.75) is 52.6 Å². The maximum Gasteiger partial charge on any atom is 0.282 e. The van der Waals surface area contributed by atoms with E-state index in [0.717, 1.165) is 63.2 Å². The third-order valence-corrected chi connectivity index (χ3v) is 8.33. The zero-order valence-electron chi connectivity index (χ0n) is 18.3. The molecule has 2 aliphatic rings. The predicted molar refractivity (Wildman–Crippen MR) is 120 cm³/mol. The van der Waals surface area contributed by atoms with Crippen molar-refractivity contribution in [3.63, 3.8) is 0 Å². The van der Waals surface area contributed by atoms with Gasteiger partial charge < -0.3 is 4.57 Å². The summed E-state index contributed by atoms with van der Waals surface area (Å²) < 4.78 is 31.6. The molecule has 1 aromatic heterocycles. The Bertz CT molecular complexity index is 950. The highest BCUT2D eigenvalue weighted by Gasteiger charge is 2.32. The maximum absolute atomic E-state index is 12.9. The van der Waals surface area contributed by atoms with Gasteiger partial charge in [0, 0.05) is 39.3 Å². The smallest absolute Gasteiger partial charge is 0.282 e. The van der Waals surface area contributed by atoms with Crippen molar-refractivity contribution in [3.8, 4) is 0 Å². The van der Waals surface area contributed by atoms with Gasteiger partial charge in [-0.05, 0) is 50.3 Å². The fourth-order valence-electron chi connectivity index (χ4n) is 4.50. The quantitative estimate of drug-likeness (QED) is 0.674. The highest BCUT2D eigenvalue weighted by molar-refractivity contribution is 7.86. The summed E-state index contributed by atoms with van der Waals surface area (Å²) in [5.74, 6) is 1.73. The van der Waals surface area contributed by atoms with Crippen LogP contribution >= 0.6 is 0 Å². The molecular formula is C22H35N5O2S. The molecule has 0 amide bonds. The van der Waals surface area contributed by atoms with Gasteiger partial charge in [0.05, 0.1) is 17.6 Å². The standard InChI is InChI=1S/C22H35N5O2S/c1-19(2)10-15-27-21-9-4-3-8-20(21)23-22(27)18-24-11-7-14-26(17-16-24)30(28,29)25-12-5-6-13-25/h3-4,8-9,19H,5-7,10-18H2,1-2H3. The molecule has 2 aliphatic heterocycles. The number of aromatic nitrogens is 2. The van der Waals surface area contributed by atoms with Crippen molar-refractivity contribution in [2.75, 3.05) is 39.3 Å². The van der Waals surface area contributed by atoms with Crippen molar-refractivity contribution in [3.05, 3.63) is 30.1 Å². The van der Waals surface area contributed by atoms with E-state index in [-0.39, 0.29) is 0 Å². The summed E-state index contributed by atoms with van der Waals surface area (Å²) in [7, 11) is -3.31. The van der Waals surface area contributed by atoms with Crippen LogP contribution in [0.5, 0.6) is 0 Å². The normalized spacial score (nSPS) is 20.4. The molecule has 0 radical (unpaired) electrons. The van der Waals surface area contributed by atoms with E-state index in [2.05, 4.69) is 41.5 Å². The molecule has 0 unspecified atom stereocenters. The van der Waals surface area contributed by atoms with Gasteiger partial charge in [-0.2, -0.15) is 17.0 Å². The van der Waals surface area contributed by atoms with Crippen molar-refractivity contribution >= 4 is 21.2 Å². The summed E-state index contributed by atoms with van der Waals surface area (Å²) in [6.07, 6.45) is 3.94. The van der Waals surface area contributed by atoms with Gasteiger partial charge in [0.1, 0.15) is 5.82 Å². The number of fused-ring (bicyclic) bond motifs is 1. The molecule has 1 aromatic carbocycles. The summed E-state index contributed by atoms with van der Waals surface area (Å²) >= 11 is 0. The van der Waals surface area contributed by atoms with Gasteiger partial charge in [0.15, 0.2) is 0 Å². The molecule has 0 spiro atoms. The first-order valence-corrected chi connectivity index (χ1v) is 12.8. The van der Waals surface area contributed by atoms with Crippen LogP contribution in [0.3, 0.4) is 0 Å². The highest BCUT2D eigenvalue weighted by Crippen LogP contribution is 2.21. The van der Waals surface area contributed by atoms with Crippen molar-refractivity contribution in [1.29, 1.82) is 0 Å². The molecule has 7 nitrogen and oxygen atoms in total. The number of aryl methyl sites for hydroxylation is 1. The predicted octanol–water partition coefficient (Wildman–Crippen LogP) is 2.93. The minimum absolute atomic E-state index is 0.561. The summed E-state index contributed by atoms with van der Waals surface area (Å²) in [6.45, 7) is 10.4. The van der Waals surface area contributed by atoms with E-state index < -0.39 is 10.2 Å². The van der Waals surface area contributed by atoms with Gasteiger partial charge in [0.2, 0.25) is 0 Å². The molecule has 0 aliphatic carbocycles. The zero-order valence-corrected chi connectivity index (χ0v) is 19.1. The minimum Gasteiger partial charge on any atom is -0.327 e. The van der Waals surface area contributed by atoms with E-state index in [4.69, 9.17) is 4.98 Å². The second-order valence-electron chi connectivity index (χ2n) is 8.99. The third-order valence-electron chi connectivity index (χ3n) is 6.29. The van der Waals surface area contributed by atoms with Crippen LogP contribution in [0.1, 0.15) is 45.4 Å². The number of rotatable bonds is 7. The average Bonchev–Trinajstić information content (AvgIpc) is 3.30. The van der Waals surface area contributed by atoms with E-state index in [0.29, 0.717) is 32.1 Å². The Morgan fingerprint density at radius 1 is 0.933 bits per heavy atom. The lowest BCUT2D eigenvalue weighted by Crippen LogP contribution is -2.44. The topological polar surface area (TPSA) is 61.7 Å². The number of benzene rings is 1. The van der Waals surface area contributed by atoms with E-state index in [1.165, 1.54) is 5.52 Å². The number of hydrogen-bond acceptors (Lipinski definition) is 4. The van der Waals surface area contributed by atoms with Gasteiger partial charge in [-0.3, -0.25) is 4.90 Å². The van der Waals surface area contributed by atoms with Crippen molar-refractivity contribution in [1.82, 2.24) is 23.1 Å². The zero-order chi connectivity index (χ0) is 21.1. The van der Waals surface area contributed by atoms with Crippen LogP contribution in [0.25, 0.3) is 11.0 Å². The van der Waals surface area contributed by atoms with E-state index in [9.17, 15) is 8.42 Å². The Morgan fingerprint density at radius 2 is 1.63 bits per heavy atom. The first kappa shape index (κ1) is 21.7. The van der Waals surface area contributed by atoms with Gasteiger partial charge >= 0.3 is 0 Å². The third kappa shape index (κ3) is 4.72. The molecule has 166 valence electrons. The lowest BCUT2D eigenvalue weighted by Gasteiger charge is -2.26. The van der Waals surface area contributed by atoms with Crippen LogP contribution in [0.4, 0.5) is 0 Å². The number of para-hydroxylation sites is 2. The second kappa shape index (κ2) is 9.34. The number of hydrogen-bond donors (Lipinski definition) is 0. The molecule has 0 atom stereocenters. The Labute approximate surface area is 180 Å². The van der Waals surface area contributed by atoms with Crippen molar-refractivity contribution in [2.24, 2.45) is 5.92 Å². The van der Waals surface area contributed by atoms with Crippen molar-refractivity contribution < 1.29 is 8.42 Å². The first-order valence-electron chi connectivity index (χ1n) is 11.4. The van der Waals surface area contributed by atoms with Gasteiger partial charge in [-0.1, -0.05) is 26.0 Å². The minimum atomic E-state index is -3.31. The van der Waals surface area contributed by atoms with Gasteiger partial charge in [0.25, 0.3) is 10.2 Å².